The standard InChI is InChI=1S/C14H20N2O/c1-11(2)13-14(17)16(9-8-15-13)10-12-6-4-3-5-7-12/h3-7,11,13,15H,8-10H2,1-2H3/p+1/t13-/m1/s1. The van der Waals surface area contributed by atoms with Crippen molar-refractivity contribution >= 4 is 5.90 Å². The van der Waals surface area contributed by atoms with E-state index in [2.05, 4.69) is 35.9 Å². The topological polar surface area (TPSA) is 35.3 Å². The van der Waals surface area contributed by atoms with E-state index in [-0.39, 0.29) is 6.04 Å². The lowest BCUT2D eigenvalue weighted by Gasteiger charge is -2.23. The zero-order valence-corrected chi connectivity index (χ0v) is 10.6. The van der Waals surface area contributed by atoms with Crippen LogP contribution < -0.4 is 5.32 Å². The van der Waals surface area contributed by atoms with Crippen LogP contribution in [0.3, 0.4) is 0 Å². The molecule has 2 N–H and O–H groups in total. The molecule has 0 saturated carbocycles. The van der Waals surface area contributed by atoms with Gasteiger partial charge in [0.25, 0.3) is 0 Å². The molecule has 1 aromatic carbocycles. The number of nitrogens with one attached hydrogen (secondary N) is 1. The third-order valence-electron chi connectivity index (χ3n) is 3.23. The van der Waals surface area contributed by atoms with Gasteiger partial charge in [0.2, 0.25) is 0 Å². The lowest BCUT2D eigenvalue weighted by atomic mass is 10.0. The minimum atomic E-state index is 0.0902. The van der Waals surface area contributed by atoms with E-state index in [0.717, 1.165) is 19.6 Å². The van der Waals surface area contributed by atoms with Crippen LogP contribution in [0, 0.1) is 5.92 Å². The van der Waals surface area contributed by atoms with E-state index in [1.807, 2.05) is 18.2 Å². The fraction of sp³-hybridized carbons (Fsp3) is 0.500. The average Bonchev–Trinajstić information content (AvgIpc) is 2.33. The van der Waals surface area contributed by atoms with E-state index in [4.69, 9.17) is 0 Å². The molecule has 0 bridgehead atoms. The Balaban J connectivity index is 2.17. The zero-order valence-electron chi connectivity index (χ0n) is 10.6. The van der Waals surface area contributed by atoms with Crippen molar-refractivity contribution in [2.75, 3.05) is 13.1 Å². The van der Waals surface area contributed by atoms with Crippen LogP contribution in [0.1, 0.15) is 19.4 Å². The first kappa shape index (κ1) is 12.1. The Labute approximate surface area is 103 Å². The van der Waals surface area contributed by atoms with Crippen LogP contribution in [0.25, 0.3) is 0 Å². The highest BCUT2D eigenvalue weighted by Crippen LogP contribution is 2.08. The molecular formula is C14H21N2O+. The summed E-state index contributed by atoms with van der Waals surface area (Å²) in [7, 11) is 0. The van der Waals surface area contributed by atoms with E-state index in [1.165, 1.54) is 5.56 Å². The molecule has 1 atom stereocenters. The summed E-state index contributed by atoms with van der Waals surface area (Å²) in [5, 5.41) is 13.6. The molecule has 0 radical (unpaired) electrons. The summed E-state index contributed by atoms with van der Waals surface area (Å²) in [4.78, 5) is 0. The molecule has 3 heteroatoms. The maximum absolute atomic E-state index is 10.2. The monoisotopic (exact) mass is 233 g/mol. The molecule has 0 amide bonds. The Morgan fingerprint density at radius 2 is 2.06 bits per heavy atom. The highest BCUT2D eigenvalue weighted by Gasteiger charge is 2.31. The van der Waals surface area contributed by atoms with Gasteiger partial charge in [-0.1, -0.05) is 44.2 Å². The zero-order chi connectivity index (χ0) is 12.3. The second kappa shape index (κ2) is 5.32. The quantitative estimate of drug-likeness (QED) is 0.781. The van der Waals surface area contributed by atoms with E-state index in [9.17, 15) is 5.11 Å². The summed E-state index contributed by atoms with van der Waals surface area (Å²) in [5.41, 5.74) is 1.24. The molecule has 1 aliphatic heterocycles. The van der Waals surface area contributed by atoms with Gasteiger partial charge >= 0.3 is 5.90 Å². The highest BCUT2D eigenvalue weighted by atomic mass is 16.3. The van der Waals surface area contributed by atoms with Gasteiger partial charge in [-0.05, 0) is 5.92 Å². The van der Waals surface area contributed by atoms with Crippen LogP contribution in [-0.4, -0.2) is 34.7 Å². The normalized spacial score (nSPS) is 21.0. The molecule has 0 saturated heterocycles. The number of benzene rings is 1. The summed E-state index contributed by atoms with van der Waals surface area (Å²) >= 11 is 0. The van der Waals surface area contributed by atoms with Crippen molar-refractivity contribution in [3.05, 3.63) is 35.9 Å². The number of hydrogen-bond acceptors (Lipinski definition) is 1. The number of nitrogens with zero attached hydrogens (tertiary/aromatic N) is 1. The van der Waals surface area contributed by atoms with Crippen molar-refractivity contribution < 1.29 is 9.68 Å². The highest BCUT2D eigenvalue weighted by molar-refractivity contribution is 5.75. The van der Waals surface area contributed by atoms with Crippen LogP contribution in [0.2, 0.25) is 0 Å². The van der Waals surface area contributed by atoms with Gasteiger partial charge in [-0.25, -0.2) is 0 Å². The molecule has 92 valence electrons. The number of rotatable bonds is 3. The van der Waals surface area contributed by atoms with E-state index in [0.29, 0.717) is 11.8 Å². The molecular weight excluding hydrogens is 212 g/mol. The van der Waals surface area contributed by atoms with E-state index < -0.39 is 0 Å². The Hall–Kier alpha value is -1.35. The number of aliphatic hydroxyl groups excluding tert-OH is 1. The third-order valence-corrected chi connectivity index (χ3v) is 3.23. The van der Waals surface area contributed by atoms with Gasteiger partial charge in [0, 0.05) is 5.56 Å². The Kier molecular flexibility index (Phi) is 3.79. The molecule has 0 fully saturated rings. The molecule has 0 aliphatic carbocycles. The summed E-state index contributed by atoms with van der Waals surface area (Å²) in [6.07, 6.45) is 0. The molecule has 0 aromatic heterocycles. The maximum atomic E-state index is 10.2. The number of hydrogen-bond donors (Lipinski definition) is 2. The largest absolute Gasteiger partial charge is 0.462 e. The first-order valence-electron chi connectivity index (χ1n) is 6.26. The second-order valence-electron chi connectivity index (χ2n) is 4.94. The van der Waals surface area contributed by atoms with Crippen LogP contribution >= 0.6 is 0 Å². The fourth-order valence-corrected chi connectivity index (χ4v) is 2.26. The van der Waals surface area contributed by atoms with Crippen LogP contribution in [0.4, 0.5) is 0 Å². The SMILES string of the molecule is CC(C)[C@H]1NCC[N+](Cc2ccccc2)=C1O. The fourth-order valence-electron chi connectivity index (χ4n) is 2.26. The van der Waals surface area contributed by atoms with Gasteiger partial charge < -0.3 is 5.11 Å². The summed E-state index contributed by atoms with van der Waals surface area (Å²) in [6, 6.07) is 10.4. The predicted molar refractivity (Wildman–Crippen MR) is 69.5 cm³/mol. The van der Waals surface area contributed by atoms with Crippen molar-refractivity contribution in [1.29, 1.82) is 0 Å². The molecule has 1 aromatic rings. The average molecular weight is 233 g/mol. The second-order valence-corrected chi connectivity index (χ2v) is 4.94. The smallest absolute Gasteiger partial charge is 0.352 e. The molecule has 0 unspecified atom stereocenters. The first-order valence-corrected chi connectivity index (χ1v) is 6.26. The third kappa shape index (κ3) is 2.86. The lowest BCUT2D eigenvalue weighted by Crippen LogP contribution is -2.52. The summed E-state index contributed by atoms with van der Waals surface area (Å²) in [5.74, 6) is 0.892. The molecule has 17 heavy (non-hydrogen) atoms. The van der Waals surface area contributed by atoms with Crippen LogP contribution in [0.15, 0.2) is 30.3 Å². The van der Waals surface area contributed by atoms with Crippen LogP contribution in [-0.2, 0) is 6.54 Å². The van der Waals surface area contributed by atoms with Gasteiger partial charge in [-0.15, -0.1) is 0 Å². The van der Waals surface area contributed by atoms with E-state index in [1.54, 1.807) is 0 Å². The summed E-state index contributed by atoms with van der Waals surface area (Å²) in [6.45, 7) is 6.83. The molecule has 1 aliphatic rings. The van der Waals surface area contributed by atoms with Gasteiger partial charge in [0.15, 0.2) is 13.1 Å². The van der Waals surface area contributed by atoms with Crippen molar-refractivity contribution in [3.63, 3.8) is 0 Å². The van der Waals surface area contributed by atoms with Crippen molar-refractivity contribution in [1.82, 2.24) is 5.32 Å². The minimum absolute atomic E-state index is 0.0902. The van der Waals surface area contributed by atoms with Gasteiger partial charge in [0.05, 0.1) is 6.54 Å². The Morgan fingerprint density at radius 3 is 2.71 bits per heavy atom. The molecule has 3 nitrogen and oxygen atoms in total. The van der Waals surface area contributed by atoms with Crippen molar-refractivity contribution in [2.24, 2.45) is 5.92 Å². The van der Waals surface area contributed by atoms with Crippen LogP contribution in [0.5, 0.6) is 0 Å². The van der Waals surface area contributed by atoms with E-state index >= 15 is 0 Å². The van der Waals surface area contributed by atoms with Gasteiger partial charge in [-0.2, -0.15) is 4.58 Å². The van der Waals surface area contributed by atoms with Gasteiger partial charge in [0.1, 0.15) is 6.04 Å². The first-order chi connectivity index (χ1) is 8.18. The predicted octanol–water partition coefficient (Wildman–Crippen LogP) is 1.78. The minimum Gasteiger partial charge on any atom is -0.462 e. The Morgan fingerprint density at radius 1 is 1.35 bits per heavy atom. The van der Waals surface area contributed by atoms with Crippen molar-refractivity contribution in [2.45, 2.75) is 26.4 Å². The molecule has 2 rings (SSSR count). The number of aliphatic hydroxyl groups is 1. The maximum Gasteiger partial charge on any atom is 0.352 e. The Bertz CT molecular complexity index is 398. The molecule has 1 heterocycles. The lowest BCUT2D eigenvalue weighted by molar-refractivity contribution is -0.555. The molecule has 0 spiro atoms. The van der Waals surface area contributed by atoms with Crippen molar-refractivity contribution in [3.8, 4) is 0 Å². The summed E-state index contributed by atoms with van der Waals surface area (Å²) < 4.78 is 2.07. The van der Waals surface area contributed by atoms with Gasteiger partial charge in [-0.3, -0.25) is 5.32 Å².